The van der Waals surface area contributed by atoms with Crippen molar-refractivity contribution in [2.24, 2.45) is 0 Å². The van der Waals surface area contributed by atoms with Gasteiger partial charge < -0.3 is 9.84 Å². The molecule has 0 radical (unpaired) electrons. The van der Waals surface area contributed by atoms with Gasteiger partial charge in [-0.3, -0.25) is 4.57 Å². The maximum Gasteiger partial charge on any atom is 0.416 e. The standard InChI is InChI=1S/C18H13F3N2O3/c1-26-14-8-2-11(3-9-14)16-22-15(17(24)25)10-23(16)13-6-4-12(5-7-13)18(19,20)21/h2-10H,1H3,(H,24,25). The molecule has 26 heavy (non-hydrogen) atoms. The highest BCUT2D eigenvalue weighted by Crippen LogP contribution is 2.31. The van der Waals surface area contributed by atoms with Gasteiger partial charge in [0, 0.05) is 17.4 Å². The number of aromatic nitrogens is 2. The molecule has 0 unspecified atom stereocenters. The molecule has 1 aromatic heterocycles. The molecule has 0 aliphatic rings. The number of rotatable bonds is 4. The van der Waals surface area contributed by atoms with Crippen LogP contribution in [0.1, 0.15) is 16.1 Å². The van der Waals surface area contributed by atoms with Crippen LogP contribution in [0.2, 0.25) is 0 Å². The van der Waals surface area contributed by atoms with Gasteiger partial charge >= 0.3 is 12.1 Å². The lowest BCUT2D eigenvalue weighted by Crippen LogP contribution is -2.05. The minimum atomic E-state index is -4.45. The van der Waals surface area contributed by atoms with E-state index in [4.69, 9.17) is 4.74 Å². The lowest BCUT2D eigenvalue weighted by Gasteiger charge is -2.11. The number of alkyl halides is 3. The van der Waals surface area contributed by atoms with Crippen molar-refractivity contribution in [3.05, 3.63) is 66.0 Å². The van der Waals surface area contributed by atoms with E-state index in [0.717, 1.165) is 12.1 Å². The van der Waals surface area contributed by atoms with Crippen molar-refractivity contribution >= 4 is 5.97 Å². The zero-order valence-corrected chi connectivity index (χ0v) is 13.5. The Balaban J connectivity index is 2.09. The van der Waals surface area contributed by atoms with Crippen LogP contribution >= 0.6 is 0 Å². The Morgan fingerprint density at radius 2 is 1.69 bits per heavy atom. The topological polar surface area (TPSA) is 64.3 Å². The summed E-state index contributed by atoms with van der Waals surface area (Å²) >= 11 is 0. The van der Waals surface area contributed by atoms with Crippen molar-refractivity contribution in [1.29, 1.82) is 0 Å². The second kappa shape index (κ2) is 6.55. The highest BCUT2D eigenvalue weighted by molar-refractivity contribution is 5.86. The number of carboxylic acids is 1. The summed E-state index contributed by atoms with van der Waals surface area (Å²) in [7, 11) is 1.51. The smallest absolute Gasteiger partial charge is 0.416 e. The molecule has 0 amide bonds. The molecule has 0 saturated heterocycles. The van der Waals surface area contributed by atoms with Crippen LogP contribution in [0.4, 0.5) is 13.2 Å². The molecule has 0 atom stereocenters. The monoisotopic (exact) mass is 362 g/mol. The van der Waals surface area contributed by atoms with Gasteiger partial charge in [-0.2, -0.15) is 13.2 Å². The predicted octanol–water partition coefficient (Wildman–Crippen LogP) is 4.26. The molecule has 0 aliphatic carbocycles. The lowest BCUT2D eigenvalue weighted by molar-refractivity contribution is -0.137. The third-order valence-electron chi connectivity index (χ3n) is 3.75. The molecule has 1 heterocycles. The average molecular weight is 362 g/mol. The highest BCUT2D eigenvalue weighted by Gasteiger charge is 2.30. The van der Waals surface area contributed by atoms with Crippen LogP contribution < -0.4 is 4.74 Å². The number of methoxy groups -OCH3 is 1. The predicted molar refractivity (Wildman–Crippen MR) is 87.5 cm³/mol. The highest BCUT2D eigenvalue weighted by atomic mass is 19.4. The lowest BCUT2D eigenvalue weighted by atomic mass is 10.1. The number of benzene rings is 2. The Hall–Kier alpha value is -3.29. The van der Waals surface area contributed by atoms with Gasteiger partial charge in [0.15, 0.2) is 5.69 Å². The molecule has 3 rings (SSSR count). The second-order valence-corrected chi connectivity index (χ2v) is 5.40. The molecule has 2 aromatic carbocycles. The maximum atomic E-state index is 12.7. The van der Waals surface area contributed by atoms with E-state index in [2.05, 4.69) is 4.98 Å². The number of imidazole rings is 1. The summed E-state index contributed by atoms with van der Waals surface area (Å²) in [4.78, 5) is 15.4. The number of aromatic carboxylic acids is 1. The van der Waals surface area contributed by atoms with E-state index in [1.54, 1.807) is 24.3 Å². The normalized spacial score (nSPS) is 11.4. The van der Waals surface area contributed by atoms with Gasteiger partial charge in [-0.1, -0.05) is 0 Å². The van der Waals surface area contributed by atoms with Crippen molar-refractivity contribution in [3.8, 4) is 22.8 Å². The Labute approximate surface area is 146 Å². The van der Waals surface area contributed by atoms with Crippen molar-refractivity contribution < 1.29 is 27.8 Å². The van der Waals surface area contributed by atoms with Crippen LogP contribution in [-0.2, 0) is 6.18 Å². The minimum absolute atomic E-state index is 0.212. The number of hydrogen-bond donors (Lipinski definition) is 1. The van der Waals surface area contributed by atoms with Crippen LogP contribution in [0.15, 0.2) is 54.7 Å². The molecule has 134 valence electrons. The Morgan fingerprint density at radius 3 is 2.19 bits per heavy atom. The average Bonchev–Trinajstić information content (AvgIpc) is 3.07. The fourth-order valence-electron chi connectivity index (χ4n) is 2.43. The first-order chi connectivity index (χ1) is 12.3. The quantitative estimate of drug-likeness (QED) is 0.753. The summed E-state index contributed by atoms with van der Waals surface area (Å²) in [6.45, 7) is 0. The van der Waals surface area contributed by atoms with Gasteiger partial charge in [0.2, 0.25) is 0 Å². The van der Waals surface area contributed by atoms with Gasteiger partial charge in [0.1, 0.15) is 11.6 Å². The van der Waals surface area contributed by atoms with E-state index in [-0.39, 0.29) is 5.69 Å². The van der Waals surface area contributed by atoms with E-state index in [0.29, 0.717) is 22.8 Å². The van der Waals surface area contributed by atoms with Crippen LogP contribution in [-0.4, -0.2) is 27.7 Å². The fourth-order valence-corrected chi connectivity index (χ4v) is 2.43. The number of carbonyl (C=O) groups is 1. The number of halogens is 3. The summed E-state index contributed by atoms with van der Waals surface area (Å²) in [5.41, 5.74) is -0.0384. The SMILES string of the molecule is COc1ccc(-c2nc(C(=O)O)cn2-c2ccc(C(F)(F)F)cc2)cc1. The summed E-state index contributed by atoms with van der Waals surface area (Å²) in [5, 5.41) is 9.20. The Bertz CT molecular complexity index is 930. The van der Waals surface area contributed by atoms with Crippen molar-refractivity contribution in [2.45, 2.75) is 6.18 Å². The summed E-state index contributed by atoms with van der Waals surface area (Å²) < 4.78 is 44.7. The first kappa shape index (κ1) is 17.5. The summed E-state index contributed by atoms with van der Waals surface area (Å²) in [5.74, 6) is -0.324. The van der Waals surface area contributed by atoms with Crippen LogP contribution in [0.5, 0.6) is 5.75 Å². The molecule has 3 aromatic rings. The van der Waals surface area contributed by atoms with Crippen LogP contribution in [0.25, 0.3) is 17.1 Å². The molecular formula is C18H13F3N2O3. The van der Waals surface area contributed by atoms with Crippen LogP contribution in [0.3, 0.4) is 0 Å². The van der Waals surface area contributed by atoms with Gasteiger partial charge in [0.25, 0.3) is 0 Å². The first-order valence-electron chi connectivity index (χ1n) is 7.44. The number of ether oxygens (including phenoxy) is 1. The largest absolute Gasteiger partial charge is 0.497 e. The zero-order valence-electron chi connectivity index (χ0n) is 13.5. The van der Waals surface area contributed by atoms with E-state index in [1.165, 1.54) is 30.0 Å². The minimum Gasteiger partial charge on any atom is -0.497 e. The molecule has 0 fully saturated rings. The van der Waals surface area contributed by atoms with Crippen molar-refractivity contribution in [2.75, 3.05) is 7.11 Å². The molecular weight excluding hydrogens is 349 g/mol. The summed E-state index contributed by atoms with van der Waals surface area (Å²) in [6, 6.07) is 11.2. The maximum absolute atomic E-state index is 12.7. The van der Waals surface area contributed by atoms with Gasteiger partial charge in [-0.25, -0.2) is 9.78 Å². The van der Waals surface area contributed by atoms with Gasteiger partial charge in [-0.15, -0.1) is 0 Å². The van der Waals surface area contributed by atoms with E-state index in [1.807, 2.05) is 0 Å². The molecule has 8 heteroatoms. The van der Waals surface area contributed by atoms with Gasteiger partial charge in [0.05, 0.1) is 12.7 Å². The molecule has 5 nitrogen and oxygen atoms in total. The fraction of sp³-hybridized carbons (Fsp3) is 0.111. The number of nitrogens with zero attached hydrogens (tertiary/aromatic N) is 2. The Kier molecular flexibility index (Phi) is 4.41. The molecule has 0 spiro atoms. The zero-order chi connectivity index (χ0) is 18.9. The molecule has 0 aliphatic heterocycles. The second-order valence-electron chi connectivity index (χ2n) is 5.40. The van der Waals surface area contributed by atoms with E-state index < -0.39 is 17.7 Å². The molecule has 1 N–H and O–H groups in total. The van der Waals surface area contributed by atoms with Crippen LogP contribution in [0, 0.1) is 0 Å². The molecule has 0 saturated carbocycles. The number of carboxylic acid groups (broad SMARTS) is 1. The molecule has 0 bridgehead atoms. The Morgan fingerprint density at radius 1 is 1.08 bits per heavy atom. The van der Waals surface area contributed by atoms with Crippen molar-refractivity contribution in [1.82, 2.24) is 9.55 Å². The van der Waals surface area contributed by atoms with E-state index >= 15 is 0 Å². The van der Waals surface area contributed by atoms with Crippen molar-refractivity contribution in [3.63, 3.8) is 0 Å². The summed E-state index contributed by atoms with van der Waals surface area (Å²) in [6.07, 6.45) is -3.18. The third kappa shape index (κ3) is 3.39. The first-order valence-corrected chi connectivity index (χ1v) is 7.44. The van der Waals surface area contributed by atoms with E-state index in [9.17, 15) is 23.1 Å². The third-order valence-corrected chi connectivity index (χ3v) is 3.75. The number of hydrogen-bond acceptors (Lipinski definition) is 3. The van der Waals surface area contributed by atoms with Gasteiger partial charge in [-0.05, 0) is 48.5 Å².